The summed E-state index contributed by atoms with van der Waals surface area (Å²) in [6.07, 6.45) is 0. The fourth-order valence-corrected chi connectivity index (χ4v) is 3.72. The smallest absolute Gasteiger partial charge is 0.282 e. The second kappa shape index (κ2) is 7.98. The van der Waals surface area contributed by atoms with Crippen LogP contribution in [0.5, 0.6) is 0 Å². The average molecular weight is 437 g/mol. The molecule has 0 atom stereocenters. The van der Waals surface area contributed by atoms with E-state index in [2.05, 4.69) is 5.32 Å². The van der Waals surface area contributed by atoms with Crippen molar-refractivity contribution in [1.82, 2.24) is 0 Å². The highest BCUT2D eigenvalue weighted by molar-refractivity contribution is 6.46. The second-order valence-electron chi connectivity index (χ2n) is 7.08. The van der Waals surface area contributed by atoms with Crippen LogP contribution in [0.4, 0.5) is 11.4 Å². The number of imide groups is 1. The van der Waals surface area contributed by atoms with Crippen molar-refractivity contribution in [2.45, 2.75) is 13.8 Å². The Balaban J connectivity index is 1.84. The summed E-state index contributed by atoms with van der Waals surface area (Å²) in [5.41, 5.74) is 3.93. The summed E-state index contributed by atoms with van der Waals surface area (Å²) in [6.45, 7) is 3.73. The monoisotopic (exact) mass is 436 g/mol. The Labute approximate surface area is 184 Å². The summed E-state index contributed by atoms with van der Waals surface area (Å²) < 4.78 is 0. The molecule has 2 amide bonds. The molecule has 4 nitrogen and oxygen atoms in total. The van der Waals surface area contributed by atoms with E-state index in [0.717, 1.165) is 11.1 Å². The van der Waals surface area contributed by atoms with E-state index >= 15 is 0 Å². The highest BCUT2D eigenvalue weighted by atomic mass is 35.5. The van der Waals surface area contributed by atoms with Crippen molar-refractivity contribution in [2.75, 3.05) is 10.2 Å². The molecule has 0 unspecified atom stereocenters. The van der Waals surface area contributed by atoms with Crippen molar-refractivity contribution in [3.05, 3.63) is 99.2 Å². The predicted octanol–water partition coefficient (Wildman–Crippen LogP) is 6.01. The zero-order chi connectivity index (χ0) is 21.4. The molecule has 0 saturated heterocycles. The van der Waals surface area contributed by atoms with Gasteiger partial charge in [-0.15, -0.1) is 0 Å². The molecule has 0 fully saturated rings. The van der Waals surface area contributed by atoms with Gasteiger partial charge >= 0.3 is 0 Å². The van der Waals surface area contributed by atoms with E-state index in [4.69, 9.17) is 23.2 Å². The fraction of sp³-hybridized carbons (Fsp3) is 0.0833. The molecule has 30 heavy (non-hydrogen) atoms. The molecule has 0 radical (unpaired) electrons. The van der Waals surface area contributed by atoms with Gasteiger partial charge in [-0.2, -0.15) is 0 Å². The first-order chi connectivity index (χ1) is 14.4. The molecule has 1 N–H and O–H groups in total. The molecule has 1 aliphatic heterocycles. The van der Waals surface area contributed by atoms with Crippen LogP contribution < -0.4 is 10.2 Å². The summed E-state index contributed by atoms with van der Waals surface area (Å²) in [6, 6.07) is 19.7. The lowest BCUT2D eigenvalue weighted by Gasteiger charge is -2.18. The first-order valence-corrected chi connectivity index (χ1v) is 10.1. The van der Waals surface area contributed by atoms with Crippen molar-refractivity contribution in [2.24, 2.45) is 0 Å². The Morgan fingerprint density at radius 3 is 2.20 bits per heavy atom. The van der Waals surface area contributed by atoms with Gasteiger partial charge in [-0.1, -0.05) is 65.7 Å². The minimum absolute atomic E-state index is 0.200. The summed E-state index contributed by atoms with van der Waals surface area (Å²) in [7, 11) is 0. The van der Waals surface area contributed by atoms with E-state index in [0.29, 0.717) is 32.6 Å². The summed E-state index contributed by atoms with van der Waals surface area (Å²) in [5.74, 6) is -0.849. The first kappa shape index (κ1) is 20.2. The molecule has 3 aromatic carbocycles. The van der Waals surface area contributed by atoms with Gasteiger partial charge in [-0.3, -0.25) is 9.59 Å². The number of hydrogen-bond acceptors (Lipinski definition) is 3. The number of nitrogens with one attached hydrogen (secondary N) is 1. The van der Waals surface area contributed by atoms with Gasteiger partial charge in [0.05, 0.1) is 11.3 Å². The van der Waals surface area contributed by atoms with Crippen LogP contribution in [-0.4, -0.2) is 11.8 Å². The molecule has 1 aliphatic rings. The molecule has 1 heterocycles. The van der Waals surface area contributed by atoms with Gasteiger partial charge in [0, 0.05) is 15.7 Å². The topological polar surface area (TPSA) is 49.4 Å². The number of anilines is 2. The molecule has 3 aromatic rings. The van der Waals surface area contributed by atoms with Crippen molar-refractivity contribution in [1.29, 1.82) is 0 Å². The van der Waals surface area contributed by atoms with E-state index in [9.17, 15) is 9.59 Å². The van der Waals surface area contributed by atoms with Crippen LogP contribution in [0.2, 0.25) is 10.0 Å². The summed E-state index contributed by atoms with van der Waals surface area (Å²) in [5, 5.41) is 4.14. The lowest BCUT2D eigenvalue weighted by Crippen LogP contribution is -2.33. The first-order valence-electron chi connectivity index (χ1n) is 9.34. The number of aryl methyl sites for hydroxylation is 2. The highest BCUT2D eigenvalue weighted by Crippen LogP contribution is 2.36. The third kappa shape index (κ3) is 3.60. The maximum atomic E-state index is 13.4. The Morgan fingerprint density at radius 2 is 1.50 bits per heavy atom. The number of rotatable bonds is 4. The molecule has 6 heteroatoms. The van der Waals surface area contributed by atoms with Gasteiger partial charge in [0.25, 0.3) is 11.8 Å². The third-order valence-corrected chi connectivity index (χ3v) is 5.64. The molecule has 0 saturated carbocycles. The standard InChI is InChI=1S/C24H18Cl2N2O2/c1-14-9-11-18(13-19(14)26)27-22-21(16-6-4-3-5-7-16)23(29)28(24(22)30)20-12-17(25)10-8-15(20)2/h3-13,27H,1-2H3. The van der Waals surface area contributed by atoms with Crippen LogP contribution in [0.15, 0.2) is 72.4 Å². The van der Waals surface area contributed by atoms with E-state index in [-0.39, 0.29) is 5.70 Å². The fourth-order valence-electron chi connectivity index (χ4n) is 3.38. The van der Waals surface area contributed by atoms with E-state index < -0.39 is 11.8 Å². The van der Waals surface area contributed by atoms with E-state index in [1.165, 1.54) is 4.90 Å². The van der Waals surface area contributed by atoms with Crippen LogP contribution >= 0.6 is 23.2 Å². The van der Waals surface area contributed by atoms with Crippen molar-refractivity contribution in [3.8, 4) is 0 Å². The number of benzene rings is 3. The Kier molecular flexibility index (Phi) is 5.37. The molecule has 0 bridgehead atoms. The van der Waals surface area contributed by atoms with Crippen LogP contribution in [0.1, 0.15) is 16.7 Å². The molecular weight excluding hydrogens is 419 g/mol. The number of carbonyl (C=O) groups excluding carboxylic acids is 2. The zero-order valence-electron chi connectivity index (χ0n) is 16.4. The van der Waals surface area contributed by atoms with Crippen LogP contribution in [-0.2, 0) is 9.59 Å². The number of amides is 2. The molecule has 0 spiro atoms. The number of nitrogens with zero attached hydrogens (tertiary/aromatic N) is 1. The Morgan fingerprint density at radius 1 is 0.800 bits per heavy atom. The van der Waals surface area contributed by atoms with Crippen LogP contribution in [0, 0.1) is 13.8 Å². The minimum Gasteiger partial charge on any atom is -0.350 e. The highest BCUT2D eigenvalue weighted by Gasteiger charge is 2.40. The SMILES string of the molecule is Cc1ccc(NC2=C(c3ccccc3)C(=O)N(c3cc(Cl)ccc3C)C2=O)cc1Cl. The largest absolute Gasteiger partial charge is 0.350 e. The maximum absolute atomic E-state index is 13.4. The lowest BCUT2D eigenvalue weighted by molar-refractivity contribution is -0.120. The van der Waals surface area contributed by atoms with Gasteiger partial charge in [0.2, 0.25) is 0 Å². The summed E-state index contributed by atoms with van der Waals surface area (Å²) >= 11 is 12.4. The van der Waals surface area contributed by atoms with Gasteiger partial charge in [-0.05, 0) is 54.8 Å². The molecule has 0 aromatic heterocycles. The molecule has 4 rings (SSSR count). The van der Waals surface area contributed by atoms with Crippen LogP contribution in [0.25, 0.3) is 5.57 Å². The molecule has 0 aliphatic carbocycles. The van der Waals surface area contributed by atoms with E-state index in [1.807, 2.05) is 44.2 Å². The minimum atomic E-state index is -0.444. The molecular formula is C24H18Cl2N2O2. The Bertz CT molecular complexity index is 1200. The number of halogens is 2. The van der Waals surface area contributed by atoms with Crippen molar-refractivity contribution in [3.63, 3.8) is 0 Å². The lowest BCUT2D eigenvalue weighted by atomic mass is 10.0. The van der Waals surface area contributed by atoms with Crippen molar-refractivity contribution >= 4 is 52.0 Å². The van der Waals surface area contributed by atoms with Gasteiger partial charge in [0.15, 0.2) is 0 Å². The third-order valence-electron chi connectivity index (χ3n) is 5.00. The number of hydrogen-bond donors (Lipinski definition) is 1. The van der Waals surface area contributed by atoms with Gasteiger partial charge < -0.3 is 5.32 Å². The average Bonchev–Trinajstić information content (AvgIpc) is 2.97. The maximum Gasteiger partial charge on any atom is 0.282 e. The van der Waals surface area contributed by atoms with Crippen LogP contribution in [0.3, 0.4) is 0 Å². The molecule has 150 valence electrons. The quantitative estimate of drug-likeness (QED) is 0.509. The second-order valence-corrected chi connectivity index (χ2v) is 7.93. The normalized spacial score (nSPS) is 13.9. The Hall–Kier alpha value is -3.08. The predicted molar refractivity (Wildman–Crippen MR) is 122 cm³/mol. The summed E-state index contributed by atoms with van der Waals surface area (Å²) in [4.78, 5) is 28.0. The number of carbonyl (C=O) groups is 2. The van der Waals surface area contributed by atoms with E-state index in [1.54, 1.807) is 36.4 Å². The van der Waals surface area contributed by atoms with Crippen molar-refractivity contribution < 1.29 is 9.59 Å². The zero-order valence-corrected chi connectivity index (χ0v) is 17.9. The van der Waals surface area contributed by atoms with Gasteiger partial charge in [-0.25, -0.2) is 4.90 Å². The van der Waals surface area contributed by atoms with Gasteiger partial charge in [0.1, 0.15) is 5.70 Å².